The molecule has 0 radical (unpaired) electrons. The molecule has 0 aliphatic rings. The van der Waals surface area contributed by atoms with Crippen molar-refractivity contribution in [3.63, 3.8) is 0 Å². The summed E-state index contributed by atoms with van der Waals surface area (Å²) in [6, 6.07) is 22.8. The lowest BCUT2D eigenvalue weighted by atomic mass is 9.77. The van der Waals surface area contributed by atoms with Crippen LogP contribution in [0.25, 0.3) is 22.5 Å². The number of methoxy groups -OCH3 is 3. The second-order valence-electron chi connectivity index (χ2n) is 14.6. The summed E-state index contributed by atoms with van der Waals surface area (Å²) in [5.41, 5.74) is -8.63. The van der Waals surface area contributed by atoms with Crippen molar-refractivity contribution in [1.82, 2.24) is 9.97 Å². The number of pyridine rings is 2. The highest BCUT2D eigenvalue weighted by Gasteiger charge is 2.64. The van der Waals surface area contributed by atoms with Crippen LogP contribution in [-0.4, -0.2) is 60.7 Å². The molecule has 4 unspecified atom stereocenters. The molecule has 64 heavy (non-hydrogen) atoms. The van der Waals surface area contributed by atoms with E-state index < -0.39 is 64.0 Å². The monoisotopic (exact) mass is 926 g/mol. The quantitative estimate of drug-likeness (QED) is 0.0892. The summed E-state index contributed by atoms with van der Waals surface area (Å²) in [5, 5.41) is 11.4. The van der Waals surface area contributed by atoms with Gasteiger partial charge in [-0.05, 0) is 89.5 Å². The van der Waals surface area contributed by atoms with Gasteiger partial charge >= 0.3 is 24.3 Å². The van der Waals surface area contributed by atoms with Gasteiger partial charge in [-0.2, -0.15) is 26.3 Å². The molecule has 0 saturated carbocycles. The van der Waals surface area contributed by atoms with Crippen molar-refractivity contribution in [2.45, 2.75) is 49.2 Å². The van der Waals surface area contributed by atoms with Crippen LogP contribution in [0.3, 0.4) is 0 Å². The fourth-order valence-corrected chi connectivity index (χ4v) is 8.19. The first-order valence-corrected chi connectivity index (χ1v) is 19.9. The lowest BCUT2D eigenvalue weighted by molar-refractivity contribution is -0.274. The van der Waals surface area contributed by atoms with Crippen molar-refractivity contribution in [2.75, 3.05) is 21.3 Å². The Bertz CT molecular complexity index is 2700. The number of carbonyl (C=O) groups excluding carboxylic acids is 2. The van der Waals surface area contributed by atoms with Crippen LogP contribution in [-0.2, 0) is 20.7 Å². The molecule has 4 atom stereocenters. The molecule has 1 N–H and O–H groups in total. The van der Waals surface area contributed by atoms with Gasteiger partial charge in [-0.15, -0.1) is 0 Å². The SMILES string of the molecule is COC(=O)c1cccc(-c2cc(C(OC(=O)c3cccc(-c4cc(C(O)(C(C)c5ccc(OC)cc5Cl)C(F)(F)F)ccn4)c3)(C(C)c3ccc(OC)cc3Cl)C(F)(F)F)ccn2)c1. The topological polar surface area (TPSA) is 117 Å². The Morgan fingerprint density at radius 2 is 1.06 bits per heavy atom. The van der Waals surface area contributed by atoms with E-state index in [4.69, 9.17) is 42.1 Å². The molecule has 0 amide bonds. The third kappa shape index (κ3) is 8.97. The van der Waals surface area contributed by atoms with E-state index in [0.717, 1.165) is 55.7 Å². The van der Waals surface area contributed by atoms with Crippen LogP contribution in [0.4, 0.5) is 26.3 Å². The molecule has 0 aliphatic heterocycles. The lowest BCUT2D eigenvalue weighted by Gasteiger charge is -2.41. The minimum Gasteiger partial charge on any atom is -0.497 e. The number of esters is 2. The fourth-order valence-electron chi connectivity index (χ4n) is 7.52. The standard InChI is InChI=1S/C47H38Cl2F6N2O7/c1-26(36-14-12-34(61-3)24-38(36)48)44(60,46(50,51)52)32-16-18-56-40(22-32)29-9-7-11-31(21-29)43(59)64-45(47(53,54)55,27(2)37-15-13-35(62-4)25-39(37)49)33-17-19-57-41(23-33)28-8-6-10-30(20-28)42(58)63-5/h6-27,60H,1-5H3. The number of halogens is 8. The van der Waals surface area contributed by atoms with Gasteiger partial charge in [-0.1, -0.05) is 73.4 Å². The molecule has 4 aromatic carbocycles. The third-order valence-corrected chi connectivity index (χ3v) is 11.7. The first kappa shape index (κ1) is 47.3. The maximum Gasteiger partial charge on any atom is 0.433 e. The summed E-state index contributed by atoms with van der Waals surface area (Å²) in [6.45, 7) is 2.33. The van der Waals surface area contributed by atoms with Gasteiger partial charge in [0.1, 0.15) is 11.5 Å². The number of benzene rings is 4. The van der Waals surface area contributed by atoms with E-state index in [1.165, 1.54) is 101 Å². The predicted molar refractivity (Wildman–Crippen MR) is 227 cm³/mol. The summed E-state index contributed by atoms with van der Waals surface area (Å²) < 4.78 is 114. The van der Waals surface area contributed by atoms with Gasteiger partial charge in [0.15, 0.2) is 5.60 Å². The second kappa shape index (κ2) is 18.5. The molecule has 0 bridgehead atoms. The molecule has 0 fully saturated rings. The number of rotatable bonds is 13. The summed E-state index contributed by atoms with van der Waals surface area (Å²) >= 11 is 12.9. The van der Waals surface area contributed by atoms with E-state index in [2.05, 4.69) is 9.97 Å². The summed E-state index contributed by atoms with van der Waals surface area (Å²) in [4.78, 5) is 35.1. The van der Waals surface area contributed by atoms with Crippen LogP contribution in [0.2, 0.25) is 10.0 Å². The number of ether oxygens (including phenoxy) is 4. The van der Waals surface area contributed by atoms with Gasteiger partial charge < -0.3 is 24.1 Å². The van der Waals surface area contributed by atoms with Crippen molar-refractivity contribution in [2.24, 2.45) is 0 Å². The highest BCUT2D eigenvalue weighted by Crippen LogP contribution is 2.54. The third-order valence-electron chi connectivity index (χ3n) is 11.1. The first-order valence-electron chi connectivity index (χ1n) is 19.2. The number of aliphatic hydroxyl groups is 1. The number of hydrogen-bond donors (Lipinski definition) is 1. The molecule has 9 nitrogen and oxygen atoms in total. The van der Waals surface area contributed by atoms with E-state index in [9.17, 15) is 14.7 Å². The molecule has 6 aromatic rings. The lowest BCUT2D eigenvalue weighted by Crippen LogP contribution is -2.50. The van der Waals surface area contributed by atoms with Crippen LogP contribution in [0, 0.1) is 0 Å². The molecule has 0 saturated heterocycles. The van der Waals surface area contributed by atoms with Crippen molar-refractivity contribution in [1.29, 1.82) is 0 Å². The Morgan fingerprint density at radius 3 is 1.52 bits per heavy atom. The van der Waals surface area contributed by atoms with Gasteiger partial charge in [0.25, 0.3) is 0 Å². The molecule has 6 rings (SSSR count). The van der Waals surface area contributed by atoms with E-state index >= 15 is 26.3 Å². The van der Waals surface area contributed by atoms with E-state index in [1.807, 2.05) is 0 Å². The number of hydrogen-bond acceptors (Lipinski definition) is 9. The second-order valence-corrected chi connectivity index (χ2v) is 15.4. The molecular weight excluding hydrogens is 889 g/mol. The Kier molecular flexibility index (Phi) is 13.7. The minimum absolute atomic E-state index is 0.00324. The number of alkyl halides is 6. The normalized spacial score (nSPS) is 14.7. The van der Waals surface area contributed by atoms with Crippen LogP contribution in [0.1, 0.15) is 68.7 Å². The fraction of sp³-hybridized carbons (Fsp3) is 0.234. The molecule has 17 heteroatoms. The average molecular weight is 928 g/mol. The zero-order valence-electron chi connectivity index (χ0n) is 34.5. The predicted octanol–water partition coefficient (Wildman–Crippen LogP) is 11.9. The van der Waals surface area contributed by atoms with Gasteiger partial charge in [-0.3, -0.25) is 9.97 Å². The summed E-state index contributed by atoms with van der Waals surface area (Å²) in [6.07, 6.45) is -8.51. The molecule has 0 spiro atoms. The van der Waals surface area contributed by atoms with E-state index in [0.29, 0.717) is 0 Å². The largest absolute Gasteiger partial charge is 0.497 e. The number of aromatic nitrogens is 2. The Hall–Kier alpha value is -6.16. The van der Waals surface area contributed by atoms with Gasteiger partial charge in [0.05, 0.1) is 43.8 Å². The van der Waals surface area contributed by atoms with Gasteiger partial charge in [0.2, 0.25) is 5.60 Å². The maximum absolute atomic E-state index is 16.2. The molecule has 334 valence electrons. The first-order chi connectivity index (χ1) is 30.2. The van der Waals surface area contributed by atoms with Crippen LogP contribution in [0.5, 0.6) is 11.5 Å². The van der Waals surface area contributed by atoms with Crippen molar-refractivity contribution in [3.8, 4) is 34.0 Å². The highest BCUT2D eigenvalue weighted by molar-refractivity contribution is 6.32. The van der Waals surface area contributed by atoms with Crippen LogP contribution >= 0.6 is 23.2 Å². The smallest absolute Gasteiger partial charge is 0.433 e. The van der Waals surface area contributed by atoms with Gasteiger partial charge in [0, 0.05) is 51.0 Å². The van der Waals surface area contributed by atoms with Gasteiger partial charge in [-0.25, -0.2) is 9.59 Å². The average Bonchev–Trinajstić information content (AvgIpc) is 3.28. The van der Waals surface area contributed by atoms with Crippen molar-refractivity contribution < 1.29 is 60.0 Å². The van der Waals surface area contributed by atoms with Crippen molar-refractivity contribution in [3.05, 3.63) is 165 Å². The molecule has 0 aliphatic carbocycles. The molecule has 2 aromatic heterocycles. The number of carbonyl (C=O) groups is 2. The van der Waals surface area contributed by atoms with E-state index in [1.54, 1.807) is 0 Å². The molecular formula is C47H38Cl2F6N2O7. The zero-order chi connectivity index (χ0) is 46.8. The minimum atomic E-state index is -5.36. The summed E-state index contributed by atoms with van der Waals surface area (Å²) in [7, 11) is 3.87. The van der Waals surface area contributed by atoms with E-state index in [-0.39, 0.29) is 60.7 Å². The highest BCUT2D eigenvalue weighted by atomic mass is 35.5. The Morgan fingerprint density at radius 1 is 0.594 bits per heavy atom. The zero-order valence-corrected chi connectivity index (χ0v) is 36.0. The summed E-state index contributed by atoms with van der Waals surface area (Å²) in [5.74, 6) is -5.09. The van der Waals surface area contributed by atoms with Crippen LogP contribution in [0.15, 0.2) is 122 Å². The Balaban J connectivity index is 1.46. The van der Waals surface area contributed by atoms with Crippen molar-refractivity contribution >= 4 is 35.1 Å². The Labute approximate surface area is 373 Å². The van der Waals surface area contributed by atoms with Crippen LogP contribution < -0.4 is 9.47 Å². The maximum atomic E-state index is 16.2. The number of nitrogens with zero attached hydrogens (tertiary/aromatic N) is 2. The molecule has 2 heterocycles.